The van der Waals surface area contributed by atoms with Crippen molar-refractivity contribution in [1.29, 1.82) is 0 Å². The Labute approximate surface area is 184 Å². The average Bonchev–Trinajstić information content (AvgIpc) is 3.26. The van der Waals surface area contributed by atoms with E-state index in [2.05, 4.69) is 47.1 Å². The number of thioether (sulfide) groups is 1. The topological polar surface area (TPSA) is 54.9 Å². The van der Waals surface area contributed by atoms with Crippen LogP contribution in [0.4, 0.5) is 5.13 Å². The summed E-state index contributed by atoms with van der Waals surface area (Å²) >= 11 is 11.3. The first-order valence-electron chi connectivity index (χ1n) is 7.77. The van der Waals surface area contributed by atoms with E-state index in [0.29, 0.717) is 10.9 Å². The summed E-state index contributed by atoms with van der Waals surface area (Å²) in [4.78, 5) is 21.3. The maximum Gasteiger partial charge on any atom is 0.236 e. The van der Waals surface area contributed by atoms with Crippen LogP contribution >= 0.6 is 66.3 Å². The summed E-state index contributed by atoms with van der Waals surface area (Å²) < 4.78 is 3.94. The molecule has 2 aromatic heterocycles. The predicted molar refractivity (Wildman–Crippen MR) is 122 cm³/mol. The molecule has 0 aliphatic carbocycles. The van der Waals surface area contributed by atoms with Crippen LogP contribution in [0.25, 0.3) is 21.5 Å². The van der Waals surface area contributed by atoms with Gasteiger partial charge in [-0.3, -0.25) is 4.79 Å². The zero-order valence-electron chi connectivity index (χ0n) is 13.6. The Hall–Kier alpha value is -1.26. The number of aromatic nitrogens is 2. The molecule has 2 aromatic carbocycles. The standard InChI is InChI=1S/C18H11Br2N3OS3/c19-11-3-1-10(2-4-11)14-8-25-18(22-14)26-9-16(24)23-17-21-13-6-5-12(20)7-15(13)27-17/h1-8H,9H2,(H,21,23,24). The first kappa shape index (κ1) is 19.1. The first-order chi connectivity index (χ1) is 13.1. The minimum Gasteiger partial charge on any atom is -0.301 e. The molecule has 0 bridgehead atoms. The van der Waals surface area contributed by atoms with Gasteiger partial charge in [-0.15, -0.1) is 11.3 Å². The summed E-state index contributed by atoms with van der Waals surface area (Å²) in [6, 6.07) is 13.9. The van der Waals surface area contributed by atoms with Gasteiger partial charge in [0.1, 0.15) is 0 Å². The van der Waals surface area contributed by atoms with Crippen molar-refractivity contribution < 1.29 is 4.79 Å². The van der Waals surface area contributed by atoms with Crippen LogP contribution in [0, 0.1) is 0 Å². The van der Waals surface area contributed by atoms with Crippen LogP contribution in [0.15, 0.2) is 61.1 Å². The zero-order chi connectivity index (χ0) is 18.8. The quantitative estimate of drug-likeness (QED) is 0.287. The number of amides is 1. The van der Waals surface area contributed by atoms with Crippen molar-refractivity contribution in [2.24, 2.45) is 0 Å². The summed E-state index contributed by atoms with van der Waals surface area (Å²) in [6.07, 6.45) is 0. The third-order valence-corrected chi connectivity index (χ3v) is 7.52. The van der Waals surface area contributed by atoms with E-state index in [1.807, 2.05) is 47.8 Å². The Bertz CT molecular complexity index is 1110. The number of fused-ring (bicyclic) bond motifs is 1. The maximum absolute atomic E-state index is 12.2. The van der Waals surface area contributed by atoms with Gasteiger partial charge in [0.05, 0.1) is 21.7 Å². The number of carbonyl (C=O) groups is 1. The fourth-order valence-corrected chi connectivity index (χ4v) is 5.64. The molecule has 0 aliphatic heterocycles. The van der Waals surface area contributed by atoms with Crippen molar-refractivity contribution in [1.82, 2.24) is 9.97 Å². The molecule has 0 radical (unpaired) electrons. The van der Waals surface area contributed by atoms with Gasteiger partial charge < -0.3 is 5.32 Å². The summed E-state index contributed by atoms with van der Waals surface area (Å²) in [5.41, 5.74) is 2.86. The Kier molecular flexibility index (Phi) is 5.93. The second-order valence-electron chi connectivity index (χ2n) is 5.47. The van der Waals surface area contributed by atoms with Gasteiger partial charge in [-0.25, -0.2) is 9.97 Å². The SMILES string of the molecule is O=C(CSc1nc(-c2ccc(Br)cc2)cs1)Nc1nc2ccc(Br)cc2s1. The number of carbonyl (C=O) groups excluding carboxylic acids is 1. The van der Waals surface area contributed by atoms with Crippen LogP contribution in [0.3, 0.4) is 0 Å². The van der Waals surface area contributed by atoms with Gasteiger partial charge in [0, 0.05) is 19.9 Å². The Balaban J connectivity index is 1.36. The number of thiazole rings is 2. The highest BCUT2D eigenvalue weighted by atomic mass is 79.9. The lowest BCUT2D eigenvalue weighted by atomic mass is 10.2. The van der Waals surface area contributed by atoms with Gasteiger partial charge >= 0.3 is 0 Å². The molecule has 4 aromatic rings. The fourth-order valence-electron chi connectivity index (χ4n) is 2.31. The highest BCUT2D eigenvalue weighted by Gasteiger charge is 2.11. The number of nitrogens with zero attached hydrogens (tertiary/aromatic N) is 2. The monoisotopic (exact) mass is 539 g/mol. The van der Waals surface area contributed by atoms with Gasteiger partial charge in [0.25, 0.3) is 0 Å². The fraction of sp³-hybridized carbons (Fsp3) is 0.0556. The zero-order valence-corrected chi connectivity index (χ0v) is 19.2. The molecule has 0 unspecified atom stereocenters. The van der Waals surface area contributed by atoms with Crippen LogP contribution in [0.1, 0.15) is 0 Å². The van der Waals surface area contributed by atoms with Gasteiger partial charge in [-0.2, -0.15) is 0 Å². The number of nitrogens with one attached hydrogen (secondary N) is 1. The van der Waals surface area contributed by atoms with Crippen LogP contribution in [0.5, 0.6) is 0 Å². The summed E-state index contributed by atoms with van der Waals surface area (Å²) in [5, 5.41) is 5.49. The van der Waals surface area contributed by atoms with E-state index >= 15 is 0 Å². The van der Waals surface area contributed by atoms with Crippen molar-refractivity contribution >= 4 is 87.6 Å². The highest BCUT2D eigenvalue weighted by Crippen LogP contribution is 2.30. The highest BCUT2D eigenvalue weighted by molar-refractivity contribution is 9.10. The van der Waals surface area contributed by atoms with Crippen molar-refractivity contribution in [3.05, 3.63) is 56.8 Å². The maximum atomic E-state index is 12.2. The predicted octanol–water partition coefficient (Wildman–Crippen LogP) is 6.68. The van der Waals surface area contributed by atoms with Gasteiger partial charge in [0.2, 0.25) is 5.91 Å². The van der Waals surface area contributed by atoms with Crippen LogP contribution in [0.2, 0.25) is 0 Å². The molecule has 2 heterocycles. The van der Waals surface area contributed by atoms with E-state index in [4.69, 9.17) is 0 Å². The molecule has 1 amide bonds. The second-order valence-corrected chi connectivity index (χ2v) is 10.4. The molecule has 0 saturated carbocycles. The number of anilines is 1. The molecule has 0 spiro atoms. The molecule has 0 aliphatic rings. The van der Waals surface area contributed by atoms with Crippen LogP contribution in [-0.2, 0) is 4.79 Å². The van der Waals surface area contributed by atoms with Gasteiger partial charge in [0.15, 0.2) is 9.47 Å². The summed E-state index contributed by atoms with van der Waals surface area (Å²) in [7, 11) is 0. The molecule has 0 saturated heterocycles. The van der Waals surface area contributed by atoms with E-state index in [9.17, 15) is 4.79 Å². The molecule has 1 N–H and O–H groups in total. The van der Waals surface area contributed by atoms with Crippen LogP contribution in [-0.4, -0.2) is 21.6 Å². The summed E-state index contributed by atoms with van der Waals surface area (Å²) in [5.74, 6) is 0.214. The molecule has 27 heavy (non-hydrogen) atoms. The second kappa shape index (κ2) is 8.40. The third kappa shape index (κ3) is 4.78. The average molecular weight is 541 g/mol. The largest absolute Gasteiger partial charge is 0.301 e. The Morgan fingerprint density at radius 1 is 1.07 bits per heavy atom. The third-order valence-electron chi connectivity index (χ3n) is 3.55. The molecule has 0 fully saturated rings. The van der Waals surface area contributed by atoms with E-state index in [1.54, 1.807) is 11.3 Å². The van der Waals surface area contributed by atoms with Gasteiger partial charge in [-0.05, 0) is 30.3 Å². The lowest BCUT2D eigenvalue weighted by Crippen LogP contribution is -2.13. The van der Waals surface area contributed by atoms with Crippen LogP contribution < -0.4 is 5.32 Å². The van der Waals surface area contributed by atoms with E-state index in [0.717, 1.165) is 34.8 Å². The molecule has 9 heteroatoms. The number of hydrogen-bond donors (Lipinski definition) is 1. The van der Waals surface area contributed by atoms with Crippen molar-refractivity contribution in [2.75, 3.05) is 11.1 Å². The molecule has 136 valence electrons. The number of benzene rings is 2. The summed E-state index contributed by atoms with van der Waals surface area (Å²) in [6.45, 7) is 0. The van der Waals surface area contributed by atoms with Crippen molar-refractivity contribution in [2.45, 2.75) is 4.34 Å². The lowest BCUT2D eigenvalue weighted by Gasteiger charge is -1.99. The molecular formula is C18H11Br2N3OS3. The van der Waals surface area contributed by atoms with E-state index in [1.165, 1.54) is 23.1 Å². The lowest BCUT2D eigenvalue weighted by molar-refractivity contribution is -0.113. The van der Waals surface area contributed by atoms with Crippen molar-refractivity contribution in [3.63, 3.8) is 0 Å². The Morgan fingerprint density at radius 2 is 1.85 bits per heavy atom. The number of hydrogen-bond acceptors (Lipinski definition) is 6. The Morgan fingerprint density at radius 3 is 2.67 bits per heavy atom. The first-order valence-corrected chi connectivity index (χ1v) is 12.0. The number of rotatable bonds is 5. The van der Waals surface area contributed by atoms with Crippen molar-refractivity contribution in [3.8, 4) is 11.3 Å². The molecule has 0 atom stereocenters. The normalized spacial score (nSPS) is 11.0. The smallest absolute Gasteiger partial charge is 0.236 e. The molecule has 4 rings (SSSR count). The molecule has 4 nitrogen and oxygen atoms in total. The molecular weight excluding hydrogens is 530 g/mol. The van der Waals surface area contributed by atoms with Gasteiger partial charge in [-0.1, -0.05) is 67.1 Å². The minimum absolute atomic E-state index is 0.0847. The van der Waals surface area contributed by atoms with E-state index < -0.39 is 0 Å². The minimum atomic E-state index is -0.0847. The number of halogens is 2. The van der Waals surface area contributed by atoms with E-state index in [-0.39, 0.29) is 5.91 Å².